The summed E-state index contributed by atoms with van der Waals surface area (Å²) in [5.41, 5.74) is 2.81. The van der Waals surface area contributed by atoms with E-state index in [1.807, 2.05) is 0 Å². The molecule has 0 saturated carbocycles. The van der Waals surface area contributed by atoms with Gasteiger partial charge in [-0.2, -0.15) is 0 Å². The van der Waals surface area contributed by atoms with Gasteiger partial charge in [0.05, 0.1) is 12.8 Å². The fraction of sp³-hybridized carbons (Fsp3) is 0.786. The molecule has 0 fully saturated rings. The zero-order chi connectivity index (χ0) is 17.0. The molecule has 0 spiro atoms. The molecule has 0 bridgehead atoms. The molecule has 0 aliphatic heterocycles. The van der Waals surface area contributed by atoms with Crippen molar-refractivity contribution in [3.63, 3.8) is 0 Å². The number of aliphatic hydroxyl groups is 1. The Morgan fingerprint density at radius 2 is 1.45 bits per heavy atom. The molecule has 0 saturated heterocycles. The first-order valence-corrected chi connectivity index (χ1v) is 7.46. The lowest BCUT2D eigenvalue weighted by molar-refractivity contribution is -0.167. The summed E-state index contributed by atoms with van der Waals surface area (Å²) in [6.45, 7) is 1.07. The van der Waals surface area contributed by atoms with Crippen molar-refractivity contribution in [1.29, 1.82) is 0 Å². The van der Waals surface area contributed by atoms with Crippen molar-refractivity contribution in [1.82, 2.24) is 5.32 Å². The molecule has 8 nitrogen and oxygen atoms in total. The number of carboxylic acid groups (broad SMARTS) is 2. The lowest BCUT2D eigenvalue weighted by Crippen LogP contribution is -2.45. The molecule has 1 amide bonds. The van der Waals surface area contributed by atoms with Gasteiger partial charge < -0.3 is 26.4 Å². The number of carbonyl (C=O) groups is 3. The molecule has 0 aromatic rings. The first kappa shape index (κ1) is 20.3. The third kappa shape index (κ3) is 9.30. The molecule has 0 heterocycles. The average Bonchev–Trinajstić information content (AvgIpc) is 2.40. The van der Waals surface area contributed by atoms with E-state index in [-0.39, 0.29) is 0 Å². The highest BCUT2D eigenvalue weighted by atomic mass is 16.4. The van der Waals surface area contributed by atoms with E-state index in [9.17, 15) is 19.5 Å². The van der Waals surface area contributed by atoms with Crippen molar-refractivity contribution >= 4 is 17.8 Å². The van der Waals surface area contributed by atoms with Gasteiger partial charge in [-0.3, -0.25) is 9.59 Å². The van der Waals surface area contributed by atoms with Crippen LogP contribution in [-0.4, -0.2) is 51.9 Å². The van der Waals surface area contributed by atoms with Crippen molar-refractivity contribution < 1.29 is 29.7 Å². The summed E-state index contributed by atoms with van der Waals surface area (Å²) in [6.07, 6.45) is 4.11. The lowest BCUT2D eigenvalue weighted by Gasteiger charge is -2.20. The number of hydrogen-bond donors (Lipinski definition) is 5. The quantitative estimate of drug-likeness (QED) is 0.302. The van der Waals surface area contributed by atoms with Crippen LogP contribution in [0.1, 0.15) is 51.4 Å². The summed E-state index contributed by atoms with van der Waals surface area (Å²) < 4.78 is 0. The molecule has 1 atom stereocenters. The molecule has 128 valence electrons. The highest BCUT2D eigenvalue weighted by molar-refractivity contribution is 5.90. The van der Waals surface area contributed by atoms with Crippen LogP contribution in [0.15, 0.2) is 0 Å². The third-order valence-corrected chi connectivity index (χ3v) is 3.25. The number of hydrogen-bond acceptors (Lipinski definition) is 5. The van der Waals surface area contributed by atoms with Gasteiger partial charge >= 0.3 is 11.9 Å². The Hall–Kier alpha value is -1.67. The topological polar surface area (TPSA) is 150 Å². The van der Waals surface area contributed by atoms with Crippen LogP contribution in [0.2, 0.25) is 0 Å². The monoisotopic (exact) mass is 318 g/mol. The van der Waals surface area contributed by atoms with Crippen LogP contribution in [0.25, 0.3) is 0 Å². The maximum absolute atomic E-state index is 11.6. The summed E-state index contributed by atoms with van der Waals surface area (Å²) in [4.78, 5) is 33.0. The second kappa shape index (κ2) is 11.0. The number of carbonyl (C=O) groups excluding carboxylic acids is 1. The Bertz CT molecular complexity index is 374. The summed E-state index contributed by atoms with van der Waals surface area (Å²) >= 11 is 0. The fourth-order valence-corrected chi connectivity index (χ4v) is 2.00. The summed E-state index contributed by atoms with van der Waals surface area (Å²) in [6, 6.07) is 0. The van der Waals surface area contributed by atoms with Crippen LogP contribution in [0.5, 0.6) is 0 Å². The molecule has 0 unspecified atom stereocenters. The van der Waals surface area contributed by atoms with Crippen LogP contribution in [0.3, 0.4) is 0 Å². The van der Waals surface area contributed by atoms with Gasteiger partial charge in [0, 0.05) is 6.54 Å². The van der Waals surface area contributed by atoms with E-state index in [1.165, 1.54) is 0 Å². The van der Waals surface area contributed by atoms with Gasteiger partial charge in [0.25, 0.3) is 0 Å². The van der Waals surface area contributed by atoms with Gasteiger partial charge in [-0.1, -0.05) is 25.7 Å². The number of nitrogens with two attached hydrogens (primary N) is 1. The average molecular weight is 318 g/mol. The van der Waals surface area contributed by atoms with E-state index in [2.05, 4.69) is 5.32 Å². The van der Waals surface area contributed by atoms with Crippen LogP contribution in [-0.2, 0) is 14.4 Å². The molecule has 0 aromatic carbocycles. The molecule has 0 aliphatic rings. The molecular formula is C14H26N2O6. The largest absolute Gasteiger partial charge is 0.481 e. The maximum Gasteiger partial charge on any atom is 0.336 e. The lowest BCUT2D eigenvalue weighted by atomic mass is 9.95. The standard InChI is InChI=1S/C14H26N2O6/c15-7-5-3-1-2-4-6-8-16-11(17)9-14(22,13(20)21)10-12(18)19/h22H,1-10,15H2,(H,16,17)(H,18,19)(H,20,21)/t14-/m0/s1. The Balaban J connectivity index is 3.92. The fourth-order valence-electron chi connectivity index (χ4n) is 2.00. The Morgan fingerprint density at radius 1 is 0.909 bits per heavy atom. The Labute approximate surface area is 129 Å². The van der Waals surface area contributed by atoms with Crippen LogP contribution < -0.4 is 11.1 Å². The van der Waals surface area contributed by atoms with Gasteiger partial charge in [0.1, 0.15) is 0 Å². The van der Waals surface area contributed by atoms with Crippen LogP contribution >= 0.6 is 0 Å². The molecule has 8 heteroatoms. The van der Waals surface area contributed by atoms with Gasteiger partial charge in [-0.05, 0) is 19.4 Å². The van der Waals surface area contributed by atoms with Gasteiger partial charge in [-0.15, -0.1) is 0 Å². The van der Waals surface area contributed by atoms with Gasteiger partial charge in [-0.25, -0.2) is 4.79 Å². The number of amides is 1. The van der Waals surface area contributed by atoms with Crippen molar-refractivity contribution in [2.45, 2.75) is 57.0 Å². The minimum Gasteiger partial charge on any atom is -0.481 e. The highest BCUT2D eigenvalue weighted by Crippen LogP contribution is 2.16. The Morgan fingerprint density at radius 3 is 1.95 bits per heavy atom. The summed E-state index contributed by atoms with van der Waals surface area (Å²) in [5, 5.41) is 29.6. The molecule has 6 N–H and O–H groups in total. The zero-order valence-corrected chi connectivity index (χ0v) is 12.7. The van der Waals surface area contributed by atoms with E-state index in [0.29, 0.717) is 13.1 Å². The van der Waals surface area contributed by atoms with Crippen molar-refractivity contribution in [2.75, 3.05) is 13.1 Å². The van der Waals surface area contributed by atoms with Crippen LogP contribution in [0, 0.1) is 0 Å². The van der Waals surface area contributed by atoms with Crippen molar-refractivity contribution in [3.05, 3.63) is 0 Å². The second-order valence-electron chi connectivity index (χ2n) is 5.34. The van der Waals surface area contributed by atoms with E-state index in [1.54, 1.807) is 0 Å². The van der Waals surface area contributed by atoms with Crippen molar-refractivity contribution in [2.24, 2.45) is 5.73 Å². The van der Waals surface area contributed by atoms with E-state index < -0.39 is 36.3 Å². The molecule has 0 aromatic heterocycles. The zero-order valence-electron chi connectivity index (χ0n) is 12.7. The normalized spacial score (nSPS) is 13.4. The number of aliphatic carboxylic acids is 2. The molecule has 0 radical (unpaired) electrons. The Kier molecular flexibility index (Phi) is 10.1. The van der Waals surface area contributed by atoms with E-state index >= 15 is 0 Å². The number of nitrogens with one attached hydrogen (secondary N) is 1. The van der Waals surface area contributed by atoms with E-state index in [4.69, 9.17) is 15.9 Å². The van der Waals surface area contributed by atoms with Crippen molar-refractivity contribution in [3.8, 4) is 0 Å². The predicted molar refractivity (Wildman–Crippen MR) is 79.2 cm³/mol. The number of carboxylic acids is 2. The minimum absolute atomic E-state index is 0.374. The predicted octanol–water partition coefficient (Wildman–Crippen LogP) is 0.0824. The smallest absolute Gasteiger partial charge is 0.336 e. The minimum atomic E-state index is -2.57. The summed E-state index contributed by atoms with van der Waals surface area (Å²) in [7, 11) is 0. The van der Waals surface area contributed by atoms with Crippen LogP contribution in [0.4, 0.5) is 0 Å². The first-order chi connectivity index (χ1) is 10.3. The van der Waals surface area contributed by atoms with Gasteiger partial charge in [0.15, 0.2) is 5.60 Å². The van der Waals surface area contributed by atoms with E-state index in [0.717, 1.165) is 38.5 Å². The molecule has 22 heavy (non-hydrogen) atoms. The summed E-state index contributed by atoms with van der Waals surface area (Å²) in [5.74, 6) is -3.87. The second-order valence-corrected chi connectivity index (χ2v) is 5.34. The molecule has 0 rings (SSSR count). The maximum atomic E-state index is 11.6. The number of unbranched alkanes of at least 4 members (excludes halogenated alkanes) is 5. The SMILES string of the molecule is NCCCCCCCCNC(=O)C[C@](O)(CC(=O)O)C(=O)O. The third-order valence-electron chi connectivity index (χ3n) is 3.25. The highest BCUT2D eigenvalue weighted by Gasteiger charge is 2.40. The number of rotatable bonds is 13. The molecule has 0 aliphatic carbocycles. The van der Waals surface area contributed by atoms with Gasteiger partial charge in [0.2, 0.25) is 5.91 Å². The molecular weight excluding hydrogens is 292 g/mol. The first-order valence-electron chi connectivity index (χ1n) is 7.46.